The zero-order chi connectivity index (χ0) is 16.9. The molecule has 0 aliphatic carbocycles. The molecule has 3 aromatic rings. The fraction of sp³-hybridized carbons (Fsp3) is 0. The van der Waals surface area contributed by atoms with Gasteiger partial charge in [0.1, 0.15) is 6.33 Å². The van der Waals surface area contributed by atoms with Crippen LogP contribution in [0.3, 0.4) is 0 Å². The van der Waals surface area contributed by atoms with Gasteiger partial charge >= 0.3 is 0 Å². The van der Waals surface area contributed by atoms with Gasteiger partial charge in [0.15, 0.2) is 11.6 Å². The minimum Gasteiger partial charge on any atom is -0.872 e. The fourth-order valence-corrected chi connectivity index (χ4v) is 1.84. The maximum absolute atomic E-state index is 11.6. The largest absolute Gasteiger partial charge is 0.872 e. The van der Waals surface area contributed by atoms with Crippen LogP contribution in [0, 0.1) is 10.1 Å². The molecule has 2 aromatic heterocycles. The van der Waals surface area contributed by atoms with E-state index in [1.807, 2.05) is 0 Å². The zero-order valence-electron chi connectivity index (χ0n) is 12.1. The highest BCUT2D eigenvalue weighted by atomic mass is 16.6. The molecule has 0 atom stereocenters. The lowest BCUT2D eigenvalue weighted by atomic mass is 10.2. The summed E-state index contributed by atoms with van der Waals surface area (Å²) in [5, 5.41) is 34.1. The second-order valence-electron chi connectivity index (χ2n) is 4.60. The number of aromatic nitrogens is 4. The number of nitrogens with one attached hydrogen (secondary N) is 1. The molecule has 0 spiro atoms. The summed E-state index contributed by atoms with van der Waals surface area (Å²) in [5.41, 5.74) is 2.52. The van der Waals surface area contributed by atoms with Crippen molar-refractivity contribution >= 4 is 17.7 Å². The van der Waals surface area contributed by atoms with E-state index in [2.05, 4.69) is 25.7 Å². The van der Waals surface area contributed by atoms with Gasteiger partial charge in [0.2, 0.25) is 0 Å². The van der Waals surface area contributed by atoms with Crippen molar-refractivity contribution in [2.45, 2.75) is 0 Å². The molecule has 0 unspecified atom stereocenters. The van der Waals surface area contributed by atoms with Crippen molar-refractivity contribution in [3.63, 3.8) is 0 Å². The summed E-state index contributed by atoms with van der Waals surface area (Å²) in [7, 11) is 0. The number of benzene rings is 1. The number of non-ortho nitro benzene ring substituents is 1. The predicted octanol–water partition coefficient (Wildman–Crippen LogP) is 1.09. The fourth-order valence-electron chi connectivity index (χ4n) is 1.84. The lowest BCUT2D eigenvalue weighted by Gasteiger charge is -2.08. The van der Waals surface area contributed by atoms with Crippen LogP contribution in [0.25, 0.3) is 5.82 Å². The summed E-state index contributed by atoms with van der Waals surface area (Å²) in [6.07, 6.45) is 6.14. The van der Waals surface area contributed by atoms with E-state index in [1.54, 1.807) is 35.4 Å². The summed E-state index contributed by atoms with van der Waals surface area (Å²) >= 11 is 0. The molecule has 24 heavy (non-hydrogen) atoms. The number of hydrazone groups is 1. The van der Waals surface area contributed by atoms with Gasteiger partial charge in [-0.1, -0.05) is 11.8 Å². The third-order valence-electron chi connectivity index (χ3n) is 3.01. The average Bonchev–Trinajstić information content (AvgIpc) is 3.11. The zero-order valence-corrected chi connectivity index (χ0v) is 12.1. The number of rotatable bonds is 5. The van der Waals surface area contributed by atoms with Crippen LogP contribution >= 0.6 is 0 Å². The van der Waals surface area contributed by atoms with Crippen LogP contribution in [0.5, 0.6) is 5.75 Å². The van der Waals surface area contributed by atoms with Crippen LogP contribution in [0.2, 0.25) is 0 Å². The molecule has 0 saturated heterocycles. The first-order chi connectivity index (χ1) is 11.6. The lowest BCUT2D eigenvalue weighted by Crippen LogP contribution is -2.01. The first kappa shape index (κ1) is 15.1. The summed E-state index contributed by atoms with van der Waals surface area (Å²) < 4.78 is 1.69. The third kappa shape index (κ3) is 3.32. The Morgan fingerprint density at radius 1 is 1.25 bits per heavy atom. The topological polar surface area (TPSA) is 134 Å². The van der Waals surface area contributed by atoms with Crippen molar-refractivity contribution in [2.75, 3.05) is 5.43 Å². The van der Waals surface area contributed by atoms with Gasteiger partial charge < -0.3 is 5.11 Å². The first-order valence-electron chi connectivity index (χ1n) is 6.70. The maximum Gasteiger partial charge on any atom is 0.270 e. The number of hydrogen-bond donors (Lipinski definition) is 1. The summed E-state index contributed by atoms with van der Waals surface area (Å²) in [5.74, 6) is 0.572. The van der Waals surface area contributed by atoms with Crippen LogP contribution in [0.4, 0.5) is 11.5 Å². The number of hydrogen-bond acceptors (Lipinski definition) is 8. The molecule has 0 fully saturated rings. The van der Waals surface area contributed by atoms with Crippen LogP contribution in [-0.2, 0) is 0 Å². The third-order valence-corrected chi connectivity index (χ3v) is 3.01. The number of anilines is 1. The van der Waals surface area contributed by atoms with Crippen molar-refractivity contribution in [1.29, 1.82) is 0 Å². The smallest absolute Gasteiger partial charge is 0.270 e. The Morgan fingerprint density at radius 2 is 2.12 bits per heavy atom. The monoisotopic (exact) mass is 324 g/mol. The molecule has 0 aliphatic heterocycles. The van der Waals surface area contributed by atoms with Gasteiger partial charge in [-0.15, -0.1) is 10.2 Å². The maximum atomic E-state index is 11.6. The Bertz CT molecular complexity index is 876. The van der Waals surface area contributed by atoms with Gasteiger partial charge in [-0.05, 0) is 17.7 Å². The highest BCUT2D eigenvalue weighted by Crippen LogP contribution is 2.19. The van der Waals surface area contributed by atoms with E-state index in [-0.39, 0.29) is 17.0 Å². The number of nitrogens with zero attached hydrogens (tertiary/aromatic N) is 6. The van der Waals surface area contributed by atoms with Crippen molar-refractivity contribution < 1.29 is 10.0 Å². The minimum absolute atomic E-state index is 0.0969. The van der Waals surface area contributed by atoms with Crippen molar-refractivity contribution in [3.8, 4) is 11.6 Å². The average molecular weight is 324 g/mol. The first-order valence-corrected chi connectivity index (χ1v) is 6.70. The molecule has 2 heterocycles. The van der Waals surface area contributed by atoms with Crippen molar-refractivity contribution in [1.82, 2.24) is 19.7 Å². The van der Waals surface area contributed by atoms with E-state index >= 15 is 0 Å². The SMILES string of the molecule is O=[N+]([O-])c1ccc([O-])c(/C=N\Nc2ccc(-n3ccnc3)nn2)c1. The highest BCUT2D eigenvalue weighted by molar-refractivity contribution is 5.84. The molecular formula is C14H10N7O3-. The van der Waals surface area contributed by atoms with E-state index in [0.717, 1.165) is 18.2 Å². The second-order valence-corrected chi connectivity index (χ2v) is 4.60. The Morgan fingerprint density at radius 3 is 2.79 bits per heavy atom. The Hall–Kier alpha value is -3.82. The van der Waals surface area contributed by atoms with Crippen LogP contribution in [0.1, 0.15) is 5.56 Å². The Labute approximate surface area is 135 Å². The predicted molar refractivity (Wildman–Crippen MR) is 82.9 cm³/mol. The molecule has 0 saturated carbocycles. The van der Waals surface area contributed by atoms with E-state index in [0.29, 0.717) is 11.6 Å². The second kappa shape index (κ2) is 6.52. The van der Waals surface area contributed by atoms with Gasteiger partial charge in [-0.2, -0.15) is 5.10 Å². The number of nitro groups is 1. The standard InChI is InChI=1S/C14H11N7O3/c22-12-2-1-11(21(23)24)7-10(12)8-16-17-13-3-4-14(19-18-13)20-6-5-15-9-20/h1-9,22H,(H,17,18)/p-1/b16-8-. The quantitative estimate of drug-likeness (QED) is 0.421. The molecule has 0 bridgehead atoms. The van der Waals surface area contributed by atoms with Crippen molar-refractivity contribution in [2.24, 2.45) is 5.10 Å². The minimum atomic E-state index is -0.579. The molecular weight excluding hydrogens is 314 g/mol. The highest BCUT2D eigenvalue weighted by Gasteiger charge is 2.05. The van der Waals surface area contributed by atoms with E-state index in [4.69, 9.17) is 0 Å². The Kier molecular flexibility index (Phi) is 4.10. The normalized spacial score (nSPS) is 10.8. The van der Waals surface area contributed by atoms with Gasteiger partial charge in [0, 0.05) is 24.5 Å². The lowest BCUT2D eigenvalue weighted by molar-refractivity contribution is -0.385. The molecule has 1 aromatic carbocycles. The van der Waals surface area contributed by atoms with E-state index in [1.165, 1.54) is 6.21 Å². The van der Waals surface area contributed by atoms with E-state index < -0.39 is 4.92 Å². The number of nitro benzene ring substituents is 1. The van der Waals surface area contributed by atoms with Gasteiger partial charge in [-0.25, -0.2) is 4.98 Å². The summed E-state index contributed by atoms with van der Waals surface area (Å²) in [6.45, 7) is 0. The van der Waals surface area contributed by atoms with Crippen molar-refractivity contribution in [3.05, 3.63) is 64.7 Å². The van der Waals surface area contributed by atoms with Gasteiger partial charge in [0.05, 0.1) is 11.1 Å². The van der Waals surface area contributed by atoms with Crippen LogP contribution in [-0.4, -0.2) is 30.9 Å². The molecule has 1 N–H and O–H groups in total. The van der Waals surface area contributed by atoms with Gasteiger partial charge in [-0.3, -0.25) is 20.1 Å². The molecule has 0 radical (unpaired) electrons. The molecule has 10 heteroatoms. The van der Waals surface area contributed by atoms with E-state index in [9.17, 15) is 15.2 Å². The molecule has 3 rings (SSSR count). The Balaban J connectivity index is 1.70. The molecule has 0 aliphatic rings. The molecule has 120 valence electrons. The molecule has 10 nitrogen and oxygen atoms in total. The molecule has 0 amide bonds. The van der Waals surface area contributed by atoms with Gasteiger partial charge in [0.25, 0.3) is 5.69 Å². The summed E-state index contributed by atoms with van der Waals surface area (Å²) in [4.78, 5) is 14.0. The number of imidazole rings is 1. The van der Waals surface area contributed by atoms with Crippen LogP contribution in [0.15, 0.2) is 54.2 Å². The summed E-state index contributed by atoms with van der Waals surface area (Å²) in [6, 6.07) is 6.78. The van der Waals surface area contributed by atoms with Crippen LogP contribution < -0.4 is 10.5 Å².